The van der Waals surface area contributed by atoms with Gasteiger partial charge in [-0.2, -0.15) is 0 Å². The SMILES string of the molecule is CCc1cc(-n2cnc(CNC)c2)ccc1C. The fraction of sp³-hybridized carbons (Fsp3) is 0.357. The van der Waals surface area contributed by atoms with Crippen LogP contribution in [0.2, 0.25) is 0 Å². The first-order valence-corrected chi connectivity index (χ1v) is 6.02. The molecule has 0 saturated carbocycles. The molecule has 2 aromatic rings. The monoisotopic (exact) mass is 229 g/mol. The molecule has 0 aliphatic rings. The van der Waals surface area contributed by atoms with Crippen molar-refractivity contribution in [2.75, 3.05) is 7.05 Å². The third kappa shape index (κ3) is 2.56. The smallest absolute Gasteiger partial charge is 0.0995 e. The summed E-state index contributed by atoms with van der Waals surface area (Å²) in [7, 11) is 1.93. The summed E-state index contributed by atoms with van der Waals surface area (Å²) >= 11 is 0. The van der Waals surface area contributed by atoms with Crippen molar-refractivity contribution in [2.24, 2.45) is 0 Å². The average molecular weight is 229 g/mol. The van der Waals surface area contributed by atoms with Crippen molar-refractivity contribution >= 4 is 0 Å². The summed E-state index contributed by atoms with van der Waals surface area (Å²) < 4.78 is 2.07. The van der Waals surface area contributed by atoms with Gasteiger partial charge in [0, 0.05) is 18.4 Å². The summed E-state index contributed by atoms with van der Waals surface area (Å²) in [6.45, 7) is 5.15. The van der Waals surface area contributed by atoms with Crippen LogP contribution in [0.25, 0.3) is 5.69 Å². The van der Waals surface area contributed by atoms with Crippen LogP contribution in [0.1, 0.15) is 23.7 Å². The lowest BCUT2D eigenvalue weighted by Gasteiger charge is -2.07. The van der Waals surface area contributed by atoms with E-state index in [0.29, 0.717) is 0 Å². The molecule has 0 fully saturated rings. The number of aryl methyl sites for hydroxylation is 2. The van der Waals surface area contributed by atoms with Gasteiger partial charge in [0.15, 0.2) is 0 Å². The summed E-state index contributed by atoms with van der Waals surface area (Å²) in [5, 5.41) is 3.10. The molecule has 1 aromatic carbocycles. The Labute approximate surface area is 103 Å². The van der Waals surface area contributed by atoms with Crippen molar-refractivity contribution in [2.45, 2.75) is 26.8 Å². The Morgan fingerprint density at radius 1 is 1.35 bits per heavy atom. The van der Waals surface area contributed by atoms with Crippen molar-refractivity contribution in [3.8, 4) is 5.69 Å². The molecule has 0 atom stereocenters. The van der Waals surface area contributed by atoms with Gasteiger partial charge >= 0.3 is 0 Å². The van der Waals surface area contributed by atoms with Crippen LogP contribution in [0, 0.1) is 6.92 Å². The largest absolute Gasteiger partial charge is 0.314 e. The number of imidazole rings is 1. The molecule has 3 nitrogen and oxygen atoms in total. The first kappa shape index (κ1) is 11.9. The first-order chi connectivity index (χ1) is 8.24. The molecule has 0 aliphatic carbocycles. The molecule has 0 aliphatic heterocycles. The highest BCUT2D eigenvalue weighted by Gasteiger charge is 2.02. The second-order valence-electron chi connectivity index (χ2n) is 4.27. The standard InChI is InChI=1S/C14H19N3/c1-4-12-7-14(6-5-11(12)2)17-9-13(8-15-3)16-10-17/h5-7,9-10,15H,4,8H2,1-3H3. The summed E-state index contributed by atoms with van der Waals surface area (Å²) in [6.07, 6.45) is 5.01. The normalized spacial score (nSPS) is 10.8. The predicted molar refractivity (Wildman–Crippen MR) is 70.4 cm³/mol. The minimum absolute atomic E-state index is 0.805. The number of hydrogen-bond acceptors (Lipinski definition) is 2. The molecule has 0 radical (unpaired) electrons. The number of nitrogens with one attached hydrogen (secondary N) is 1. The Bertz CT molecular complexity index is 500. The van der Waals surface area contributed by atoms with Gasteiger partial charge < -0.3 is 9.88 Å². The topological polar surface area (TPSA) is 29.9 Å². The van der Waals surface area contributed by atoms with E-state index in [-0.39, 0.29) is 0 Å². The molecular formula is C14H19N3. The van der Waals surface area contributed by atoms with E-state index in [1.165, 1.54) is 16.8 Å². The highest BCUT2D eigenvalue weighted by atomic mass is 15.0. The fourth-order valence-electron chi connectivity index (χ4n) is 1.98. The van der Waals surface area contributed by atoms with E-state index in [1.54, 1.807) is 0 Å². The van der Waals surface area contributed by atoms with Crippen LogP contribution in [0.3, 0.4) is 0 Å². The molecule has 0 saturated heterocycles. The zero-order valence-corrected chi connectivity index (χ0v) is 10.7. The molecule has 17 heavy (non-hydrogen) atoms. The van der Waals surface area contributed by atoms with Crippen LogP contribution in [0.15, 0.2) is 30.7 Å². The van der Waals surface area contributed by atoms with E-state index in [4.69, 9.17) is 0 Å². The minimum atomic E-state index is 0.805. The molecule has 0 bridgehead atoms. The fourth-order valence-corrected chi connectivity index (χ4v) is 1.98. The molecule has 0 unspecified atom stereocenters. The molecule has 2 rings (SSSR count). The molecule has 90 valence electrons. The number of aromatic nitrogens is 2. The summed E-state index contributed by atoms with van der Waals surface area (Å²) in [6, 6.07) is 6.55. The van der Waals surface area contributed by atoms with E-state index in [2.05, 4.69) is 53.1 Å². The van der Waals surface area contributed by atoms with Gasteiger partial charge in [-0.15, -0.1) is 0 Å². The van der Waals surface area contributed by atoms with Crippen molar-refractivity contribution in [3.05, 3.63) is 47.5 Å². The third-order valence-electron chi connectivity index (χ3n) is 3.01. The Morgan fingerprint density at radius 3 is 2.88 bits per heavy atom. The Balaban J connectivity index is 2.32. The Kier molecular flexibility index (Phi) is 3.59. The van der Waals surface area contributed by atoms with Crippen molar-refractivity contribution < 1.29 is 0 Å². The van der Waals surface area contributed by atoms with E-state index >= 15 is 0 Å². The van der Waals surface area contributed by atoms with Gasteiger partial charge in [0.1, 0.15) is 0 Å². The van der Waals surface area contributed by atoms with Gasteiger partial charge in [-0.25, -0.2) is 4.98 Å². The van der Waals surface area contributed by atoms with Crippen molar-refractivity contribution in [1.82, 2.24) is 14.9 Å². The van der Waals surface area contributed by atoms with Crippen LogP contribution in [-0.2, 0) is 13.0 Å². The highest BCUT2D eigenvalue weighted by Crippen LogP contribution is 2.15. The number of rotatable bonds is 4. The second-order valence-corrected chi connectivity index (χ2v) is 4.27. The highest BCUT2D eigenvalue weighted by molar-refractivity contribution is 5.40. The number of nitrogens with zero attached hydrogens (tertiary/aromatic N) is 2. The quantitative estimate of drug-likeness (QED) is 0.872. The number of benzene rings is 1. The van der Waals surface area contributed by atoms with E-state index in [0.717, 1.165) is 18.7 Å². The molecular weight excluding hydrogens is 210 g/mol. The Hall–Kier alpha value is -1.61. The lowest BCUT2D eigenvalue weighted by Crippen LogP contribution is -2.04. The third-order valence-corrected chi connectivity index (χ3v) is 3.01. The first-order valence-electron chi connectivity index (χ1n) is 6.02. The lowest BCUT2D eigenvalue weighted by molar-refractivity contribution is 0.796. The minimum Gasteiger partial charge on any atom is -0.314 e. The van der Waals surface area contributed by atoms with Gasteiger partial charge in [0.05, 0.1) is 12.0 Å². The van der Waals surface area contributed by atoms with Crippen LogP contribution in [0.5, 0.6) is 0 Å². The Morgan fingerprint density at radius 2 is 2.18 bits per heavy atom. The maximum absolute atomic E-state index is 4.36. The van der Waals surface area contributed by atoms with Crippen LogP contribution in [-0.4, -0.2) is 16.6 Å². The van der Waals surface area contributed by atoms with Gasteiger partial charge in [-0.05, 0) is 43.7 Å². The molecule has 1 aromatic heterocycles. The van der Waals surface area contributed by atoms with Crippen LogP contribution in [0.4, 0.5) is 0 Å². The summed E-state index contributed by atoms with van der Waals surface area (Å²) in [5.41, 5.74) is 4.99. The summed E-state index contributed by atoms with van der Waals surface area (Å²) in [5.74, 6) is 0. The van der Waals surface area contributed by atoms with E-state index < -0.39 is 0 Å². The van der Waals surface area contributed by atoms with Crippen LogP contribution < -0.4 is 5.32 Å². The maximum atomic E-state index is 4.36. The van der Waals surface area contributed by atoms with E-state index in [9.17, 15) is 0 Å². The van der Waals surface area contributed by atoms with Crippen molar-refractivity contribution in [3.63, 3.8) is 0 Å². The van der Waals surface area contributed by atoms with Gasteiger partial charge in [0.2, 0.25) is 0 Å². The molecule has 0 spiro atoms. The predicted octanol–water partition coefficient (Wildman–Crippen LogP) is 2.46. The molecule has 1 heterocycles. The van der Waals surface area contributed by atoms with Gasteiger partial charge in [0.25, 0.3) is 0 Å². The molecule has 3 heteroatoms. The number of hydrogen-bond donors (Lipinski definition) is 1. The lowest BCUT2D eigenvalue weighted by atomic mass is 10.1. The molecule has 0 amide bonds. The second kappa shape index (κ2) is 5.15. The van der Waals surface area contributed by atoms with Gasteiger partial charge in [-0.3, -0.25) is 0 Å². The summed E-state index contributed by atoms with van der Waals surface area (Å²) in [4.78, 5) is 4.36. The average Bonchev–Trinajstić information content (AvgIpc) is 2.79. The zero-order chi connectivity index (χ0) is 12.3. The maximum Gasteiger partial charge on any atom is 0.0995 e. The van der Waals surface area contributed by atoms with Gasteiger partial charge in [-0.1, -0.05) is 13.0 Å². The van der Waals surface area contributed by atoms with E-state index in [1.807, 2.05) is 13.4 Å². The van der Waals surface area contributed by atoms with Crippen LogP contribution >= 0.6 is 0 Å². The zero-order valence-electron chi connectivity index (χ0n) is 10.7. The molecule has 1 N–H and O–H groups in total. The van der Waals surface area contributed by atoms with Crippen molar-refractivity contribution in [1.29, 1.82) is 0 Å².